The number of amides is 1. The van der Waals surface area contributed by atoms with Crippen LogP contribution in [0.4, 0.5) is 15.9 Å². The van der Waals surface area contributed by atoms with Gasteiger partial charge in [0.15, 0.2) is 11.5 Å². The van der Waals surface area contributed by atoms with Gasteiger partial charge in [-0.1, -0.05) is 12.1 Å². The van der Waals surface area contributed by atoms with Gasteiger partial charge in [-0.05, 0) is 54.4 Å². The zero-order valence-corrected chi connectivity index (χ0v) is 14.9. The lowest BCUT2D eigenvalue weighted by atomic mass is 10.1. The summed E-state index contributed by atoms with van der Waals surface area (Å²) in [5, 5.41) is 6.00. The summed E-state index contributed by atoms with van der Waals surface area (Å²) in [6.45, 7) is 0.855. The molecule has 1 aliphatic rings. The van der Waals surface area contributed by atoms with E-state index in [1.807, 2.05) is 6.07 Å². The molecule has 2 aromatic carbocycles. The second kappa shape index (κ2) is 7.96. The van der Waals surface area contributed by atoms with Gasteiger partial charge in [0.25, 0.3) is 5.91 Å². The molecule has 2 N–H and O–H groups in total. The maximum absolute atomic E-state index is 12.9. The molecule has 0 atom stereocenters. The molecule has 7 heteroatoms. The molecule has 0 spiro atoms. The maximum Gasteiger partial charge on any atom is 0.256 e. The molecule has 0 aliphatic carbocycles. The predicted octanol–water partition coefficient (Wildman–Crippen LogP) is 3.86. The molecular formula is C21H18FN3O3. The highest BCUT2D eigenvalue weighted by Crippen LogP contribution is 2.32. The molecular weight excluding hydrogens is 361 g/mol. The van der Waals surface area contributed by atoms with E-state index in [9.17, 15) is 9.18 Å². The third-order valence-corrected chi connectivity index (χ3v) is 4.30. The molecule has 1 amide bonds. The van der Waals surface area contributed by atoms with E-state index in [1.165, 1.54) is 12.1 Å². The molecule has 1 aromatic heterocycles. The third-order valence-electron chi connectivity index (χ3n) is 4.30. The summed E-state index contributed by atoms with van der Waals surface area (Å²) < 4.78 is 23.4. The van der Waals surface area contributed by atoms with E-state index in [0.29, 0.717) is 29.4 Å². The van der Waals surface area contributed by atoms with Crippen LogP contribution in [-0.2, 0) is 6.42 Å². The number of nitrogens with one attached hydrogen (secondary N) is 2. The van der Waals surface area contributed by atoms with Crippen molar-refractivity contribution in [3.8, 4) is 11.5 Å². The van der Waals surface area contributed by atoms with Gasteiger partial charge in [0, 0.05) is 12.1 Å². The number of rotatable bonds is 6. The van der Waals surface area contributed by atoms with Gasteiger partial charge in [0.05, 0.1) is 11.9 Å². The van der Waals surface area contributed by atoms with E-state index in [1.54, 1.807) is 42.6 Å². The van der Waals surface area contributed by atoms with Crippen LogP contribution < -0.4 is 20.1 Å². The highest BCUT2D eigenvalue weighted by Gasteiger charge is 2.16. The van der Waals surface area contributed by atoms with Crippen molar-refractivity contribution >= 4 is 17.4 Å². The fourth-order valence-electron chi connectivity index (χ4n) is 2.80. The van der Waals surface area contributed by atoms with E-state index in [0.717, 1.165) is 17.7 Å². The summed E-state index contributed by atoms with van der Waals surface area (Å²) in [6, 6.07) is 15.0. The van der Waals surface area contributed by atoms with Gasteiger partial charge in [0.1, 0.15) is 11.6 Å². The summed E-state index contributed by atoms with van der Waals surface area (Å²) in [5.41, 5.74) is 2.35. The first-order valence-corrected chi connectivity index (χ1v) is 8.83. The van der Waals surface area contributed by atoms with Gasteiger partial charge in [-0.2, -0.15) is 0 Å². The van der Waals surface area contributed by atoms with Crippen molar-refractivity contribution in [3.05, 3.63) is 77.7 Å². The molecule has 2 heterocycles. The minimum Gasteiger partial charge on any atom is -0.454 e. The van der Waals surface area contributed by atoms with Crippen LogP contribution in [0.5, 0.6) is 11.5 Å². The number of anilines is 2. The van der Waals surface area contributed by atoms with E-state index in [2.05, 4.69) is 15.6 Å². The molecule has 0 saturated carbocycles. The fourth-order valence-corrected chi connectivity index (χ4v) is 2.80. The Morgan fingerprint density at radius 1 is 1.04 bits per heavy atom. The molecule has 142 valence electrons. The molecule has 0 saturated heterocycles. The van der Waals surface area contributed by atoms with Crippen molar-refractivity contribution < 1.29 is 18.7 Å². The molecule has 0 fully saturated rings. The van der Waals surface area contributed by atoms with Crippen molar-refractivity contribution in [2.75, 3.05) is 24.0 Å². The van der Waals surface area contributed by atoms with Crippen LogP contribution in [0.25, 0.3) is 0 Å². The maximum atomic E-state index is 12.9. The minimum absolute atomic E-state index is 0.164. The Bertz CT molecular complexity index is 975. The highest BCUT2D eigenvalue weighted by atomic mass is 19.1. The number of carbonyl (C=O) groups excluding carboxylic acids is 1. The second-order valence-corrected chi connectivity index (χ2v) is 6.26. The Balaban J connectivity index is 1.30. The molecule has 4 rings (SSSR count). The van der Waals surface area contributed by atoms with Crippen LogP contribution in [0.1, 0.15) is 15.9 Å². The minimum atomic E-state index is -0.275. The standard InChI is InChI=1S/C21H18FN3O3/c22-16-4-1-14(2-5-16)9-10-23-17-6-8-20(24-12-17)25-21(26)15-3-7-18-19(11-15)28-13-27-18/h1-8,11-12,23H,9-10,13H2,(H,24,25,26). The lowest BCUT2D eigenvalue weighted by molar-refractivity contribution is 0.102. The lowest BCUT2D eigenvalue weighted by Gasteiger charge is -2.08. The number of nitrogens with zero attached hydrogens (tertiary/aromatic N) is 1. The molecule has 6 nitrogen and oxygen atoms in total. The van der Waals surface area contributed by atoms with Crippen LogP contribution in [0.2, 0.25) is 0 Å². The van der Waals surface area contributed by atoms with E-state index in [4.69, 9.17) is 9.47 Å². The van der Waals surface area contributed by atoms with Gasteiger partial charge in [-0.15, -0.1) is 0 Å². The largest absolute Gasteiger partial charge is 0.454 e. The summed E-state index contributed by atoms with van der Waals surface area (Å²) in [6.07, 6.45) is 2.42. The van der Waals surface area contributed by atoms with Crippen LogP contribution in [0.3, 0.4) is 0 Å². The molecule has 1 aliphatic heterocycles. The molecule has 28 heavy (non-hydrogen) atoms. The Morgan fingerprint density at radius 3 is 2.64 bits per heavy atom. The van der Waals surface area contributed by atoms with Crippen molar-refractivity contribution in [2.45, 2.75) is 6.42 Å². The molecule has 0 bridgehead atoms. The van der Waals surface area contributed by atoms with E-state index in [-0.39, 0.29) is 18.5 Å². The first-order valence-electron chi connectivity index (χ1n) is 8.83. The number of hydrogen-bond donors (Lipinski definition) is 2. The van der Waals surface area contributed by atoms with E-state index < -0.39 is 0 Å². The average molecular weight is 379 g/mol. The number of pyridine rings is 1. The highest BCUT2D eigenvalue weighted by molar-refractivity contribution is 6.04. The Kier molecular flexibility index (Phi) is 5.05. The first kappa shape index (κ1) is 17.8. The van der Waals surface area contributed by atoms with Crippen LogP contribution >= 0.6 is 0 Å². The van der Waals surface area contributed by atoms with Crippen LogP contribution in [0.15, 0.2) is 60.8 Å². The predicted molar refractivity (Wildman–Crippen MR) is 103 cm³/mol. The summed E-state index contributed by atoms with van der Waals surface area (Å²) in [5.74, 6) is 1.13. The quantitative estimate of drug-likeness (QED) is 0.681. The van der Waals surface area contributed by atoms with Crippen LogP contribution in [0, 0.1) is 5.82 Å². The monoisotopic (exact) mass is 379 g/mol. The summed E-state index contributed by atoms with van der Waals surface area (Å²) in [7, 11) is 0. The van der Waals surface area contributed by atoms with E-state index >= 15 is 0 Å². The normalized spacial score (nSPS) is 11.9. The number of ether oxygens (including phenoxy) is 2. The number of halogens is 1. The van der Waals surface area contributed by atoms with Crippen molar-refractivity contribution in [1.29, 1.82) is 0 Å². The van der Waals surface area contributed by atoms with Gasteiger partial charge in [0.2, 0.25) is 6.79 Å². The first-order chi connectivity index (χ1) is 13.7. The van der Waals surface area contributed by atoms with Crippen LogP contribution in [-0.4, -0.2) is 24.2 Å². The van der Waals surface area contributed by atoms with Crippen molar-refractivity contribution in [2.24, 2.45) is 0 Å². The average Bonchev–Trinajstić information content (AvgIpc) is 3.18. The number of hydrogen-bond acceptors (Lipinski definition) is 5. The van der Waals surface area contributed by atoms with Crippen molar-refractivity contribution in [1.82, 2.24) is 4.98 Å². The Morgan fingerprint density at radius 2 is 1.86 bits per heavy atom. The van der Waals surface area contributed by atoms with Gasteiger partial charge < -0.3 is 20.1 Å². The SMILES string of the molecule is O=C(Nc1ccc(NCCc2ccc(F)cc2)cn1)c1ccc2c(c1)OCO2. The Hall–Kier alpha value is -3.61. The number of carbonyl (C=O) groups is 1. The third kappa shape index (κ3) is 4.20. The van der Waals surface area contributed by atoms with Gasteiger partial charge in [-0.25, -0.2) is 9.37 Å². The number of benzene rings is 2. The smallest absolute Gasteiger partial charge is 0.256 e. The molecule has 0 unspecified atom stereocenters. The Labute approximate surface area is 161 Å². The topological polar surface area (TPSA) is 72.5 Å². The second-order valence-electron chi connectivity index (χ2n) is 6.26. The summed E-state index contributed by atoms with van der Waals surface area (Å²) in [4.78, 5) is 16.6. The molecule has 0 radical (unpaired) electrons. The number of aromatic nitrogens is 1. The lowest BCUT2D eigenvalue weighted by Crippen LogP contribution is -2.13. The zero-order chi connectivity index (χ0) is 19.3. The van der Waals surface area contributed by atoms with Crippen molar-refractivity contribution in [3.63, 3.8) is 0 Å². The van der Waals surface area contributed by atoms with Gasteiger partial charge in [-0.3, -0.25) is 4.79 Å². The zero-order valence-electron chi connectivity index (χ0n) is 14.9. The fraction of sp³-hybridized carbons (Fsp3) is 0.143. The molecule has 3 aromatic rings. The van der Waals surface area contributed by atoms with Gasteiger partial charge >= 0.3 is 0 Å². The number of fused-ring (bicyclic) bond motifs is 1. The summed E-state index contributed by atoms with van der Waals surface area (Å²) >= 11 is 0.